The van der Waals surface area contributed by atoms with Gasteiger partial charge in [0.15, 0.2) is 0 Å². The normalized spacial score (nSPS) is 23.0. The first-order valence-corrected chi connectivity index (χ1v) is 8.37. The molecule has 2 saturated heterocycles. The Labute approximate surface area is 145 Å². The van der Waals surface area contributed by atoms with Crippen molar-refractivity contribution in [1.82, 2.24) is 24.6 Å². The number of nitrogens with zero attached hydrogens (tertiary/aromatic N) is 6. The van der Waals surface area contributed by atoms with Gasteiger partial charge in [-0.1, -0.05) is 0 Å². The van der Waals surface area contributed by atoms with Gasteiger partial charge < -0.3 is 9.80 Å². The van der Waals surface area contributed by atoms with Gasteiger partial charge in [-0.2, -0.15) is 5.10 Å². The monoisotopic (exact) mass is 340 g/mol. The van der Waals surface area contributed by atoms with Gasteiger partial charge in [-0.25, -0.2) is 4.98 Å². The quantitative estimate of drug-likeness (QED) is 0.807. The molecule has 0 radical (unpaired) electrons. The van der Waals surface area contributed by atoms with Gasteiger partial charge >= 0.3 is 0 Å². The van der Waals surface area contributed by atoms with E-state index >= 15 is 0 Å². The number of hydrogen-bond acceptors (Lipinski definition) is 5. The minimum Gasteiger partial charge on any atom is -0.336 e. The van der Waals surface area contributed by atoms with Crippen molar-refractivity contribution in [3.63, 3.8) is 0 Å². The molecule has 2 aliphatic rings. The molecule has 1 atom stereocenters. The molecule has 2 aliphatic heterocycles. The Kier molecular flexibility index (Phi) is 3.55. The molecule has 1 spiro atoms. The molecule has 0 aliphatic carbocycles. The van der Waals surface area contributed by atoms with Gasteiger partial charge in [0.05, 0.1) is 29.2 Å². The fraction of sp³-hybridized carbons (Fsp3) is 0.471. The molecule has 0 N–H and O–H groups in total. The summed E-state index contributed by atoms with van der Waals surface area (Å²) in [6.45, 7) is 3.51. The Morgan fingerprint density at radius 3 is 2.64 bits per heavy atom. The lowest BCUT2D eigenvalue weighted by atomic mass is 9.85. The van der Waals surface area contributed by atoms with Gasteiger partial charge in [-0.3, -0.25) is 19.3 Å². The van der Waals surface area contributed by atoms with E-state index in [0.29, 0.717) is 31.7 Å². The zero-order chi connectivity index (χ0) is 17.6. The number of carbonyl (C=O) groups is 2. The van der Waals surface area contributed by atoms with Crippen molar-refractivity contribution >= 4 is 17.5 Å². The fourth-order valence-corrected chi connectivity index (χ4v) is 3.70. The van der Waals surface area contributed by atoms with E-state index in [4.69, 9.17) is 0 Å². The molecule has 8 nitrogen and oxygen atoms in total. The van der Waals surface area contributed by atoms with Crippen molar-refractivity contribution < 1.29 is 9.59 Å². The molecule has 0 bridgehead atoms. The summed E-state index contributed by atoms with van der Waals surface area (Å²) in [4.78, 5) is 37.5. The van der Waals surface area contributed by atoms with Crippen molar-refractivity contribution in [2.24, 2.45) is 12.5 Å². The third kappa shape index (κ3) is 2.57. The SMILES string of the molecule is Cc1cnc(C(=O)N2CC[C@]3(CCN(c4cnn(C)c4)C3=O)C2)cn1. The Morgan fingerprint density at radius 1 is 1.16 bits per heavy atom. The van der Waals surface area contributed by atoms with Crippen LogP contribution in [0.15, 0.2) is 24.8 Å². The van der Waals surface area contributed by atoms with Crippen LogP contribution in [0.1, 0.15) is 29.0 Å². The first-order valence-electron chi connectivity index (χ1n) is 8.37. The molecule has 8 heteroatoms. The minimum atomic E-state index is -0.483. The zero-order valence-electron chi connectivity index (χ0n) is 14.3. The van der Waals surface area contributed by atoms with Crippen molar-refractivity contribution in [3.8, 4) is 0 Å². The molecule has 2 aromatic heterocycles. The Morgan fingerprint density at radius 2 is 1.96 bits per heavy atom. The molecule has 2 aromatic rings. The van der Waals surface area contributed by atoms with Gasteiger partial charge in [-0.15, -0.1) is 0 Å². The second-order valence-electron chi connectivity index (χ2n) is 6.88. The van der Waals surface area contributed by atoms with Crippen LogP contribution in [-0.2, 0) is 11.8 Å². The maximum Gasteiger partial charge on any atom is 0.274 e. The summed E-state index contributed by atoms with van der Waals surface area (Å²) >= 11 is 0. The van der Waals surface area contributed by atoms with Crippen LogP contribution < -0.4 is 4.90 Å². The molecular weight excluding hydrogens is 320 g/mol. The van der Waals surface area contributed by atoms with Gasteiger partial charge in [0.2, 0.25) is 5.91 Å². The van der Waals surface area contributed by atoms with E-state index in [9.17, 15) is 9.59 Å². The van der Waals surface area contributed by atoms with Crippen molar-refractivity contribution in [3.05, 3.63) is 36.2 Å². The molecule has 2 amide bonds. The van der Waals surface area contributed by atoms with E-state index in [1.807, 2.05) is 20.2 Å². The highest BCUT2D eigenvalue weighted by Gasteiger charge is 2.52. The average molecular weight is 340 g/mol. The van der Waals surface area contributed by atoms with Crippen LogP contribution in [0.2, 0.25) is 0 Å². The van der Waals surface area contributed by atoms with Gasteiger partial charge in [0.25, 0.3) is 5.91 Å². The van der Waals surface area contributed by atoms with Crippen LogP contribution >= 0.6 is 0 Å². The summed E-state index contributed by atoms with van der Waals surface area (Å²) in [5.74, 6) is -0.0669. The highest BCUT2D eigenvalue weighted by Crippen LogP contribution is 2.42. The number of anilines is 1. The molecule has 4 heterocycles. The lowest BCUT2D eigenvalue weighted by Crippen LogP contribution is -2.38. The predicted octanol–water partition coefficient (Wildman–Crippen LogP) is 0.788. The zero-order valence-corrected chi connectivity index (χ0v) is 14.3. The van der Waals surface area contributed by atoms with E-state index in [0.717, 1.165) is 17.8 Å². The second-order valence-corrected chi connectivity index (χ2v) is 6.88. The third-order valence-corrected chi connectivity index (χ3v) is 5.16. The first kappa shape index (κ1) is 15.7. The van der Waals surface area contributed by atoms with E-state index in [-0.39, 0.29) is 11.8 Å². The topological polar surface area (TPSA) is 84.2 Å². The van der Waals surface area contributed by atoms with Crippen LogP contribution in [0.4, 0.5) is 5.69 Å². The number of aryl methyl sites for hydroxylation is 2. The highest BCUT2D eigenvalue weighted by molar-refractivity contribution is 6.01. The van der Waals surface area contributed by atoms with E-state index in [1.165, 1.54) is 6.20 Å². The van der Waals surface area contributed by atoms with Crippen LogP contribution in [0.3, 0.4) is 0 Å². The fourth-order valence-electron chi connectivity index (χ4n) is 3.70. The lowest BCUT2D eigenvalue weighted by molar-refractivity contribution is -0.124. The standard InChI is InChI=1S/C17H20N6O2/c1-12-7-19-14(9-18-12)15(24)22-5-3-17(11-22)4-6-23(16(17)25)13-8-20-21(2)10-13/h7-10H,3-6,11H2,1-2H3/t17-/m0/s1. The molecule has 130 valence electrons. The highest BCUT2D eigenvalue weighted by atomic mass is 16.2. The number of likely N-dealkylation sites (tertiary alicyclic amines) is 1. The maximum absolute atomic E-state index is 13.0. The molecule has 2 fully saturated rings. The first-order chi connectivity index (χ1) is 12.0. The summed E-state index contributed by atoms with van der Waals surface area (Å²) in [6, 6.07) is 0. The van der Waals surface area contributed by atoms with Crippen molar-refractivity contribution in [1.29, 1.82) is 0 Å². The Balaban J connectivity index is 1.51. The molecule has 25 heavy (non-hydrogen) atoms. The summed E-state index contributed by atoms with van der Waals surface area (Å²) < 4.78 is 1.69. The van der Waals surface area contributed by atoms with Crippen molar-refractivity contribution in [2.45, 2.75) is 19.8 Å². The van der Waals surface area contributed by atoms with E-state index in [1.54, 1.807) is 26.9 Å². The summed E-state index contributed by atoms with van der Waals surface area (Å²) in [5.41, 5.74) is 1.44. The van der Waals surface area contributed by atoms with Crippen molar-refractivity contribution in [2.75, 3.05) is 24.5 Å². The summed E-state index contributed by atoms with van der Waals surface area (Å²) in [6.07, 6.45) is 8.08. The number of rotatable bonds is 2. The van der Waals surface area contributed by atoms with Crippen LogP contribution in [-0.4, -0.2) is 56.1 Å². The molecule has 0 saturated carbocycles. The molecular formula is C17H20N6O2. The van der Waals surface area contributed by atoms with Gasteiger partial charge in [-0.05, 0) is 19.8 Å². The number of aromatic nitrogens is 4. The molecule has 0 aromatic carbocycles. The van der Waals surface area contributed by atoms with Crippen LogP contribution in [0.5, 0.6) is 0 Å². The predicted molar refractivity (Wildman–Crippen MR) is 89.9 cm³/mol. The van der Waals surface area contributed by atoms with Gasteiger partial charge in [0, 0.05) is 39.1 Å². The number of carbonyl (C=O) groups excluding carboxylic acids is 2. The second kappa shape index (κ2) is 5.65. The Hall–Kier alpha value is -2.77. The summed E-state index contributed by atoms with van der Waals surface area (Å²) in [7, 11) is 1.83. The third-order valence-electron chi connectivity index (χ3n) is 5.16. The number of amides is 2. The van der Waals surface area contributed by atoms with Crippen LogP contribution in [0.25, 0.3) is 0 Å². The maximum atomic E-state index is 13.0. The largest absolute Gasteiger partial charge is 0.336 e. The van der Waals surface area contributed by atoms with Gasteiger partial charge in [0.1, 0.15) is 5.69 Å². The lowest BCUT2D eigenvalue weighted by Gasteiger charge is -2.23. The average Bonchev–Trinajstić information content (AvgIpc) is 3.30. The molecule has 0 unspecified atom stereocenters. The minimum absolute atomic E-state index is 0.0887. The number of hydrogen-bond donors (Lipinski definition) is 0. The van der Waals surface area contributed by atoms with Crippen LogP contribution in [0, 0.1) is 12.3 Å². The van der Waals surface area contributed by atoms with E-state index in [2.05, 4.69) is 15.1 Å². The summed E-state index contributed by atoms with van der Waals surface area (Å²) in [5, 5.41) is 4.14. The smallest absolute Gasteiger partial charge is 0.274 e. The molecule has 4 rings (SSSR count). The van der Waals surface area contributed by atoms with E-state index < -0.39 is 5.41 Å². The Bertz CT molecular complexity index is 830.